The van der Waals surface area contributed by atoms with Gasteiger partial charge in [-0.05, 0) is 30.7 Å². The summed E-state index contributed by atoms with van der Waals surface area (Å²) in [7, 11) is -7.92. The number of sulfonamides is 1. The maximum Gasteiger partial charge on any atom is 0.295 e. The standard InChI is InChI=1S/C22H19NO5S2/c1-16-7-6-8-17(13-16)15-29(24,25)21-12-5-3-10-19(21)23-30(26,27)22-14-18-9-2-4-11-20(18)28-22/h2-14,23H,15H2,1H3. The maximum atomic E-state index is 13.0. The van der Waals surface area contributed by atoms with Crippen molar-refractivity contribution in [3.8, 4) is 0 Å². The van der Waals surface area contributed by atoms with Crippen LogP contribution in [0.3, 0.4) is 0 Å². The molecule has 3 aromatic carbocycles. The number of para-hydroxylation sites is 2. The number of sulfone groups is 1. The predicted octanol–water partition coefficient (Wildman–Crippen LogP) is 4.52. The third kappa shape index (κ3) is 4.10. The first-order chi connectivity index (χ1) is 14.2. The Bertz CT molecular complexity index is 1400. The van der Waals surface area contributed by atoms with E-state index in [2.05, 4.69) is 4.72 Å². The summed E-state index contributed by atoms with van der Waals surface area (Å²) in [5.41, 5.74) is 1.98. The van der Waals surface area contributed by atoms with E-state index in [-0.39, 0.29) is 21.4 Å². The lowest BCUT2D eigenvalue weighted by atomic mass is 10.2. The molecule has 0 aliphatic carbocycles. The molecule has 4 rings (SSSR count). The Morgan fingerprint density at radius 3 is 2.33 bits per heavy atom. The van der Waals surface area contributed by atoms with Crippen LogP contribution in [0.5, 0.6) is 0 Å². The Kier molecular flexibility index (Phi) is 5.13. The summed E-state index contributed by atoms with van der Waals surface area (Å²) >= 11 is 0. The molecule has 0 aliphatic rings. The van der Waals surface area contributed by atoms with Gasteiger partial charge in [0.2, 0.25) is 5.09 Å². The van der Waals surface area contributed by atoms with Crippen molar-refractivity contribution in [1.82, 2.24) is 0 Å². The molecule has 8 heteroatoms. The Hall–Kier alpha value is -3.10. The number of benzene rings is 3. The molecule has 1 N–H and O–H groups in total. The van der Waals surface area contributed by atoms with Crippen molar-refractivity contribution < 1.29 is 21.3 Å². The van der Waals surface area contributed by atoms with Gasteiger partial charge in [-0.15, -0.1) is 0 Å². The van der Waals surface area contributed by atoms with Crippen molar-refractivity contribution in [3.63, 3.8) is 0 Å². The van der Waals surface area contributed by atoms with E-state index in [0.717, 1.165) is 5.56 Å². The highest BCUT2D eigenvalue weighted by Crippen LogP contribution is 2.29. The van der Waals surface area contributed by atoms with Crippen LogP contribution in [-0.2, 0) is 25.6 Å². The summed E-state index contributed by atoms with van der Waals surface area (Å²) in [6.07, 6.45) is 0. The van der Waals surface area contributed by atoms with Crippen molar-refractivity contribution in [3.05, 3.63) is 90.0 Å². The van der Waals surface area contributed by atoms with Crippen molar-refractivity contribution in [2.75, 3.05) is 4.72 Å². The third-order valence-corrected chi connectivity index (χ3v) is 7.53. The van der Waals surface area contributed by atoms with Crippen LogP contribution >= 0.6 is 0 Å². The molecule has 154 valence electrons. The number of hydrogen-bond donors (Lipinski definition) is 1. The van der Waals surface area contributed by atoms with Crippen LogP contribution in [0, 0.1) is 6.92 Å². The molecule has 0 unspecified atom stereocenters. The second-order valence-electron chi connectivity index (χ2n) is 6.95. The number of hydrogen-bond acceptors (Lipinski definition) is 5. The fourth-order valence-electron chi connectivity index (χ4n) is 3.21. The van der Waals surface area contributed by atoms with Gasteiger partial charge in [0, 0.05) is 11.5 Å². The quantitative estimate of drug-likeness (QED) is 0.475. The Morgan fingerprint density at radius 1 is 0.833 bits per heavy atom. The van der Waals surface area contributed by atoms with Crippen LogP contribution in [0.4, 0.5) is 5.69 Å². The minimum absolute atomic E-state index is 0.0226. The second kappa shape index (κ2) is 7.62. The molecule has 0 fully saturated rings. The minimum atomic E-state index is -4.12. The highest BCUT2D eigenvalue weighted by molar-refractivity contribution is 7.93. The van der Waals surface area contributed by atoms with Crippen LogP contribution in [-0.4, -0.2) is 16.8 Å². The molecule has 0 radical (unpaired) electrons. The van der Waals surface area contributed by atoms with Gasteiger partial charge in [0.1, 0.15) is 5.58 Å². The number of aryl methyl sites for hydroxylation is 1. The van der Waals surface area contributed by atoms with E-state index in [0.29, 0.717) is 16.5 Å². The molecule has 6 nitrogen and oxygen atoms in total. The molecular weight excluding hydrogens is 422 g/mol. The first-order valence-electron chi connectivity index (χ1n) is 9.13. The average Bonchev–Trinajstić information content (AvgIpc) is 3.13. The number of nitrogens with one attached hydrogen (secondary N) is 1. The highest BCUT2D eigenvalue weighted by atomic mass is 32.2. The fraction of sp³-hybridized carbons (Fsp3) is 0.0909. The van der Waals surface area contributed by atoms with Crippen molar-refractivity contribution >= 4 is 36.5 Å². The zero-order valence-corrected chi connectivity index (χ0v) is 17.7. The highest BCUT2D eigenvalue weighted by Gasteiger charge is 2.25. The predicted molar refractivity (Wildman–Crippen MR) is 116 cm³/mol. The van der Waals surface area contributed by atoms with Gasteiger partial charge in [-0.3, -0.25) is 4.72 Å². The Balaban J connectivity index is 1.69. The first-order valence-corrected chi connectivity index (χ1v) is 12.3. The molecule has 0 aliphatic heterocycles. The number of fused-ring (bicyclic) bond motifs is 1. The van der Waals surface area contributed by atoms with Crippen molar-refractivity contribution in [1.29, 1.82) is 0 Å². The zero-order valence-electron chi connectivity index (χ0n) is 16.1. The van der Waals surface area contributed by atoms with Gasteiger partial charge in [0.25, 0.3) is 10.0 Å². The van der Waals surface area contributed by atoms with Crippen LogP contribution in [0.15, 0.2) is 93.3 Å². The van der Waals surface area contributed by atoms with Gasteiger partial charge in [-0.2, -0.15) is 8.42 Å². The minimum Gasteiger partial charge on any atom is -0.443 e. The van der Waals surface area contributed by atoms with E-state index in [1.54, 1.807) is 54.6 Å². The van der Waals surface area contributed by atoms with E-state index < -0.39 is 19.9 Å². The summed E-state index contributed by atoms with van der Waals surface area (Å²) in [6.45, 7) is 1.88. The van der Waals surface area contributed by atoms with Gasteiger partial charge < -0.3 is 4.42 Å². The summed E-state index contributed by atoms with van der Waals surface area (Å²) in [5, 5.41) is 0.354. The van der Waals surface area contributed by atoms with Crippen LogP contribution in [0.2, 0.25) is 0 Å². The van der Waals surface area contributed by atoms with Gasteiger partial charge in [-0.25, -0.2) is 8.42 Å². The average molecular weight is 442 g/mol. The van der Waals surface area contributed by atoms with Crippen molar-refractivity contribution in [2.45, 2.75) is 22.7 Å². The summed E-state index contributed by atoms with van der Waals surface area (Å²) in [4.78, 5) is -0.0915. The first kappa shape index (κ1) is 20.2. The molecule has 0 saturated carbocycles. The third-order valence-electron chi connectivity index (χ3n) is 4.57. The summed E-state index contributed by atoms with van der Waals surface area (Å²) in [6, 6.07) is 21.4. The molecule has 0 saturated heterocycles. The maximum absolute atomic E-state index is 13.0. The SMILES string of the molecule is Cc1cccc(CS(=O)(=O)c2ccccc2NS(=O)(=O)c2cc3ccccc3o2)c1. The largest absolute Gasteiger partial charge is 0.443 e. The van der Waals surface area contributed by atoms with E-state index in [1.807, 2.05) is 13.0 Å². The van der Waals surface area contributed by atoms with Gasteiger partial charge >= 0.3 is 0 Å². The van der Waals surface area contributed by atoms with Crippen molar-refractivity contribution in [2.24, 2.45) is 0 Å². The molecule has 0 bridgehead atoms. The molecule has 1 aromatic heterocycles. The Morgan fingerprint density at radius 2 is 1.57 bits per heavy atom. The molecule has 0 amide bonds. The molecule has 4 aromatic rings. The lowest BCUT2D eigenvalue weighted by Crippen LogP contribution is -2.15. The molecule has 0 spiro atoms. The van der Waals surface area contributed by atoms with Crippen LogP contribution in [0.1, 0.15) is 11.1 Å². The zero-order chi connectivity index (χ0) is 21.4. The lowest BCUT2D eigenvalue weighted by molar-refractivity contribution is 0.484. The van der Waals surface area contributed by atoms with E-state index in [4.69, 9.17) is 4.42 Å². The lowest BCUT2D eigenvalue weighted by Gasteiger charge is -2.12. The smallest absolute Gasteiger partial charge is 0.295 e. The molecule has 1 heterocycles. The monoisotopic (exact) mass is 441 g/mol. The number of rotatable bonds is 6. The molecule has 0 atom stereocenters. The number of anilines is 1. The van der Waals surface area contributed by atoms with Gasteiger partial charge in [-0.1, -0.05) is 60.2 Å². The van der Waals surface area contributed by atoms with Crippen LogP contribution < -0.4 is 4.72 Å². The summed E-state index contributed by atoms with van der Waals surface area (Å²) in [5.74, 6) is -0.238. The van der Waals surface area contributed by atoms with E-state index >= 15 is 0 Å². The molecule has 30 heavy (non-hydrogen) atoms. The second-order valence-corrected chi connectivity index (χ2v) is 10.5. The number of furan rings is 1. The fourth-order valence-corrected chi connectivity index (χ4v) is 5.83. The molecular formula is C22H19NO5S2. The van der Waals surface area contributed by atoms with E-state index in [1.165, 1.54) is 18.2 Å². The van der Waals surface area contributed by atoms with Crippen LogP contribution in [0.25, 0.3) is 11.0 Å². The van der Waals surface area contributed by atoms with Gasteiger partial charge in [0.05, 0.1) is 16.3 Å². The normalized spacial score (nSPS) is 12.2. The topological polar surface area (TPSA) is 93.5 Å². The van der Waals surface area contributed by atoms with E-state index in [9.17, 15) is 16.8 Å². The Labute approximate surface area is 175 Å². The van der Waals surface area contributed by atoms with Gasteiger partial charge in [0.15, 0.2) is 9.84 Å². The summed E-state index contributed by atoms with van der Waals surface area (Å²) < 4.78 is 59.6.